The number of alkyl halides is 1. The average molecular weight is 211 g/mol. The second kappa shape index (κ2) is 4.31. The number of halogens is 1. The Labute approximate surface area is 89.9 Å². The van der Waals surface area contributed by atoms with E-state index in [0.29, 0.717) is 0 Å². The highest BCUT2D eigenvalue weighted by atomic mass is 19.1. The fourth-order valence-electron chi connectivity index (χ4n) is 2.31. The van der Waals surface area contributed by atoms with Crippen LogP contribution in [0.25, 0.3) is 0 Å². The molecule has 15 heavy (non-hydrogen) atoms. The fourth-order valence-corrected chi connectivity index (χ4v) is 2.31. The molecule has 4 heteroatoms. The first kappa shape index (κ1) is 10.6. The van der Waals surface area contributed by atoms with Gasteiger partial charge in [-0.05, 0) is 32.4 Å². The lowest BCUT2D eigenvalue weighted by atomic mass is 10.2. The maximum Gasteiger partial charge on any atom is 0.116 e. The van der Waals surface area contributed by atoms with Crippen molar-refractivity contribution in [2.75, 3.05) is 7.05 Å². The molecule has 0 N–H and O–H groups in total. The minimum absolute atomic E-state index is 0.0898. The Bertz CT molecular complexity index is 323. The molecule has 1 aliphatic carbocycles. The van der Waals surface area contributed by atoms with Crippen LogP contribution in [-0.2, 0) is 13.6 Å². The van der Waals surface area contributed by atoms with Crippen LogP contribution in [0.15, 0.2) is 12.3 Å². The number of aryl methyl sites for hydroxylation is 1. The first-order chi connectivity index (χ1) is 7.16. The largest absolute Gasteiger partial charge is 0.295 e. The predicted molar refractivity (Wildman–Crippen MR) is 57.2 cm³/mol. The van der Waals surface area contributed by atoms with E-state index in [4.69, 9.17) is 0 Å². The minimum atomic E-state index is -0.654. The van der Waals surface area contributed by atoms with Crippen molar-refractivity contribution in [1.82, 2.24) is 14.7 Å². The summed E-state index contributed by atoms with van der Waals surface area (Å²) in [6.45, 7) is 0.742. The summed E-state index contributed by atoms with van der Waals surface area (Å²) in [6.07, 6.45) is 3.98. The van der Waals surface area contributed by atoms with E-state index in [1.54, 1.807) is 4.68 Å². The topological polar surface area (TPSA) is 21.1 Å². The van der Waals surface area contributed by atoms with Gasteiger partial charge in [0, 0.05) is 25.8 Å². The van der Waals surface area contributed by atoms with E-state index >= 15 is 0 Å². The Balaban J connectivity index is 1.94. The summed E-state index contributed by atoms with van der Waals surface area (Å²) in [5.41, 5.74) is 1.01. The lowest BCUT2D eigenvalue weighted by Crippen LogP contribution is -2.35. The van der Waals surface area contributed by atoms with Crippen molar-refractivity contribution in [3.63, 3.8) is 0 Å². The number of nitrogens with zero attached hydrogens (tertiary/aromatic N) is 3. The lowest BCUT2D eigenvalue weighted by Gasteiger charge is -2.24. The van der Waals surface area contributed by atoms with Crippen LogP contribution in [0.5, 0.6) is 0 Å². The van der Waals surface area contributed by atoms with Gasteiger partial charge < -0.3 is 0 Å². The third-order valence-electron chi connectivity index (χ3n) is 3.14. The Morgan fingerprint density at radius 2 is 2.40 bits per heavy atom. The molecule has 2 rings (SSSR count). The smallest absolute Gasteiger partial charge is 0.116 e. The molecule has 0 aromatic carbocycles. The molecule has 0 amide bonds. The van der Waals surface area contributed by atoms with Crippen LogP contribution >= 0.6 is 0 Å². The van der Waals surface area contributed by atoms with Crippen LogP contribution < -0.4 is 0 Å². The van der Waals surface area contributed by atoms with E-state index in [1.807, 2.05) is 26.4 Å². The van der Waals surface area contributed by atoms with Gasteiger partial charge in [0.1, 0.15) is 6.17 Å². The number of hydrogen-bond donors (Lipinski definition) is 0. The van der Waals surface area contributed by atoms with Crippen molar-refractivity contribution < 1.29 is 4.39 Å². The highest BCUT2D eigenvalue weighted by molar-refractivity contribution is 4.99. The Morgan fingerprint density at radius 3 is 2.93 bits per heavy atom. The van der Waals surface area contributed by atoms with E-state index in [2.05, 4.69) is 10.00 Å². The van der Waals surface area contributed by atoms with E-state index in [9.17, 15) is 4.39 Å². The molecule has 1 saturated carbocycles. The van der Waals surface area contributed by atoms with Crippen LogP contribution in [-0.4, -0.2) is 33.9 Å². The van der Waals surface area contributed by atoms with Crippen LogP contribution in [0, 0.1) is 0 Å². The Kier molecular flexibility index (Phi) is 3.05. The molecule has 0 spiro atoms. The average Bonchev–Trinajstić information content (AvgIpc) is 2.75. The normalized spacial score (nSPS) is 26.4. The zero-order chi connectivity index (χ0) is 10.8. The van der Waals surface area contributed by atoms with Gasteiger partial charge in [-0.1, -0.05) is 0 Å². The molecule has 0 bridgehead atoms. The molecule has 1 fully saturated rings. The zero-order valence-electron chi connectivity index (χ0n) is 9.36. The van der Waals surface area contributed by atoms with E-state index < -0.39 is 6.17 Å². The molecule has 3 nitrogen and oxygen atoms in total. The molecular formula is C11H18FN3. The van der Waals surface area contributed by atoms with Crippen molar-refractivity contribution in [2.24, 2.45) is 7.05 Å². The van der Waals surface area contributed by atoms with Gasteiger partial charge in [-0.3, -0.25) is 9.58 Å². The monoisotopic (exact) mass is 211 g/mol. The molecular weight excluding hydrogens is 193 g/mol. The molecule has 0 radical (unpaired) electrons. The quantitative estimate of drug-likeness (QED) is 0.759. The van der Waals surface area contributed by atoms with Crippen molar-refractivity contribution in [3.05, 3.63) is 18.0 Å². The van der Waals surface area contributed by atoms with Gasteiger partial charge in [-0.15, -0.1) is 0 Å². The van der Waals surface area contributed by atoms with Gasteiger partial charge in [0.2, 0.25) is 0 Å². The molecule has 1 heterocycles. The van der Waals surface area contributed by atoms with Crippen LogP contribution in [0.1, 0.15) is 25.0 Å². The van der Waals surface area contributed by atoms with Crippen LogP contribution in [0.3, 0.4) is 0 Å². The summed E-state index contributed by atoms with van der Waals surface area (Å²) in [4.78, 5) is 2.08. The number of aromatic nitrogens is 2. The Morgan fingerprint density at radius 1 is 1.60 bits per heavy atom. The number of hydrogen-bond acceptors (Lipinski definition) is 2. The lowest BCUT2D eigenvalue weighted by molar-refractivity contribution is 0.152. The first-order valence-electron chi connectivity index (χ1n) is 5.49. The third kappa shape index (κ3) is 2.37. The summed E-state index contributed by atoms with van der Waals surface area (Å²) >= 11 is 0. The van der Waals surface area contributed by atoms with Gasteiger partial charge in [-0.2, -0.15) is 5.10 Å². The Hall–Kier alpha value is -0.900. The zero-order valence-corrected chi connectivity index (χ0v) is 9.36. The van der Waals surface area contributed by atoms with E-state index in [0.717, 1.165) is 31.5 Å². The highest BCUT2D eigenvalue weighted by Gasteiger charge is 2.30. The summed E-state index contributed by atoms with van der Waals surface area (Å²) in [7, 11) is 3.88. The summed E-state index contributed by atoms with van der Waals surface area (Å²) < 4.78 is 15.3. The first-order valence-corrected chi connectivity index (χ1v) is 5.49. The second-order valence-corrected chi connectivity index (χ2v) is 4.41. The van der Waals surface area contributed by atoms with E-state index in [1.165, 1.54) is 0 Å². The number of rotatable bonds is 3. The van der Waals surface area contributed by atoms with Crippen molar-refractivity contribution in [1.29, 1.82) is 0 Å². The molecule has 1 aromatic heterocycles. The van der Waals surface area contributed by atoms with E-state index in [-0.39, 0.29) is 6.04 Å². The van der Waals surface area contributed by atoms with Gasteiger partial charge in [0.05, 0.1) is 5.69 Å². The molecule has 1 aliphatic rings. The maximum atomic E-state index is 13.5. The molecule has 1 aromatic rings. The van der Waals surface area contributed by atoms with Crippen LogP contribution in [0.4, 0.5) is 4.39 Å². The fraction of sp³-hybridized carbons (Fsp3) is 0.727. The van der Waals surface area contributed by atoms with Crippen molar-refractivity contribution in [2.45, 2.75) is 38.0 Å². The van der Waals surface area contributed by atoms with Crippen LogP contribution in [0.2, 0.25) is 0 Å². The minimum Gasteiger partial charge on any atom is -0.295 e. The van der Waals surface area contributed by atoms with Gasteiger partial charge in [0.25, 0.3) is 0 Å². The molecule has 2 unspecified atom stereocenters. The summed E-state index contributed by atoms with van der Waals surface area (Å²) in [5.74, 6) is 0. The predicted octanol–water partition coefficient (Wildman–Crippen LogP) is 1.74. The molecule has 84 valence electrons. The van der Waals surface area contributed by atoms with Gasteiger partial charge >= 0.3 is 0 Å². The second-order valence-electron chi connectivity index (χ2n) is 4.41. The van der Waals surface area contributed by atoms with Crippen molar-refractivity contribution >= 4 is 0 Å². The highest BCUT2D eigenvalue weighted by Crippen LogP contribution is 2.26. The summed E-state index contributed by atoms with van der Waals surface area (Å²) in [5, 5.41) is 4.30. The molecule has 0 aliphatic heterocycles. The SMILES string of the molecule is CN(Cc1ccn(C)n1)C1CCCC1F. The maximum absolute atomic E-state index is 13.5. The van der Waals surface area contributed by atoms with Gasteiger partial charge in [-0.25, -0.2) is 4.39 Å². The van der Waals surface area contributed by atoms with Crippen molar-refractivity contribution in [3.8, 4) is 0 Å². The molecule has 0 saturated heterocycles. The third-order valence-corrected chi connectivity index (χ3v) is 3.14. The van der Waals surface area contributed by atoms with Gasteiger partial charge in [0.15, 0.2) is 0 Å². The standard InChI is InChI=1S/C11H18FN3/c1-14(11-5-3-4-10(11)12)8-9-6-7-15(2)13-9/h6-7,10-11H,3-5,8H2,1-2H3. The summed E-state index contributed by atoms with van der Waals surface area (Å²) in [6, 6.07) is 2.07. The molecule has 2 atom stereocenters.